The molecule has 0 aliphatic carbocycles. The van der Waals surface area contributed by atoms with Gasteiger partial charge in [0.2, 0.25) is 0 Å². The van der Waals surface area contributed by atoms with Crippen molar-refractivity contribution in [2.24, 2.45) is 0 Å². The number of rotatable bonds is 12. The van der Waals surface area contributed by atoms with Crippen molar-refractivity contribution < 1.29 is 9.53 Å². The van der Waals surface area contributed by atoms with Crippen molar-refractivity contribution in [3.8, 4) is 24.3 Å². The van der Waals surface area contributed by atoms with Crippen LogP contribution in [0.3, 0.4) is 0 Å². The van der Waals surface area contributed by atoms with Gasteiger partial charge >= 0.3 is 5.97 Å². The van der Waals surface area contributed by atoms with Crippen LogP contribution in [0.15, 0.2) is 42.5 Å². The molecule has 3 rings (SSSR count). The van der Waals surface area contributed by atoms with Gasteiger partial charge < -0.3 is 4.74 Å². The molecule has 0 heterocycles. The van der Waals surface area contributed by atoms with Gasteiger partial charge in [0.05, 0.1) is 12.2 Å². The molecule has 196 valence electrons. The fourth-order valence-corrected chi connectivity index (χ4v) is 4.96. The van der Waals surface area contributed by atoms with Crippen molar-refractivity contribution in [3.05, 3.63) is 58.5 Å². The maximum Gasteiger partial charge on any atom is 0.338 e. The summed E-state index contributed by atoms with van der Waals surface area (Å²) in [5, 5.41) is 41.6. The summed E-state index contributed by atoms with van der Waals surface area (Å²) in [6, 6.07) is 19.7. The van der Waals surface area contributed by atoms with Gasteiger partial charge in [0, 0.05) is 10.4 Å². The monoisotopic (exact) mass is 516 g/mol. The van der Waals surface area contributed by atoms with Gasteiger partial charge in [0.15, 0.2) is 0 Å². The smallest absolute Gasteiger partial charge is 0.338 e. The van der Waals surface area contributed by atoms with Gasteiger partial charge in [-0.3, -0.25) is 0 Å². The van der Waals surface area contributed by atoms with Crippen LogP contribution in [0.1, 0.15) is 81.5 Å². The van der Waals surface area contributed by atoms with E-state index in [1.807, 2.05) is 24.3 Å². The summed E-state index contributed by atoms with van der Waals surface area (Å²) < 4.78 is 5.52. The Labute approximate surface area is 229 Å². The lowest BCUT2D eigenvalue weighted by atomic mass is 9.92. The highest BCUT2D eigenvalue weighted by atomic mass is 16.5. The fraction of sp³-hybridized carbons (Fsp3) is 0.364. The molecule has 0 bridgehead atoms. The number of hydrogen-bond acceptors (Lipinski definition) is 6. The summed E-state index contributed by atoms with van der Waals surface area (Å²) in [7, 11) is 0. The first-order valence-corrected chi connectivity index (χ1v) is 13.6. The van der Waals surface area contributed by atoms with E-state index in [4.69, 9.17) is 4.74 Å². The number of nitriles is 4. The number of ether oxygens (including phenoxy) is 1. The number of carbonyl (C=O) groups excluding carboxylic acids is 1. The van der Waals surface area contributed by atoms with Crippen LogP contribution >= 0.6 is 0 Å². The zero-order chi connectivity index (χ0) is 28.0. The van der Waals surface area contributed by atoms with Gasteiger partial charge in [-0.25, -0.2) is 4.79 Å². The van der Waals surface area contributed by atoms with Gasteiger partial charge in [-0.15, -0.1) is 0 Å². The summed E-state index contributed by atoms with van der Waals surface area (Å²) in [6.45, 7) is 2.54. The Hall–Kier alpha value is -4.65. The lowest BCUT2D eigenvalue weighted by Crippen LogP contribution is -2.19. The Kier molecular flexibility index (Phi) is 11.1. The van der Waals surface area contributed by atoms with Crippen molar-refractivity contribution in [3.63, 3.8) is 0 Å². The number of fused-ring (bicyclic) bond motifs is 2. The minimum atomic E-state index is -0.492. The minimum Gasteiger partial charge on any atom is -0.462 e. The Balaban J connectivity index is 1.87. The molecule has 0 fully saturated rings. The SMILES string of the molecule is CCCCCCCCCCCCOC(=O)c1ccc2c(=C(C#N)C#N)c3ccccc3c(=C(C#N)C#N)c2c1. The molecule has 0 spiro atoms. The van der Waals surface area contributed by atoms with E-state index in [2.05, 4.69) is 6.92 Å². The third-order valence-electron chi connectivity index (χ3n) is 6.94. The van der Waals surface area contributed by atoms with Crippen LogP contribution in [0, 0.1) is 45.3 Å². The van der Waals surface area contributed by atoms with E-state index in [0.717, 1.165) is 19.3 Å². The third-order valence-corrected chi connectivity index (χ3v) is 6.94. The number of nitrogens with zero attached hydrogens (tertiary/aromatic N) is 4. The van der Waals surface area contributed by atoms with Crippen molar-refractivity contribution in [2.45, 2.75) is 71.1 Å². The topological polar surface area (TPSA) is 121 Å². The average molecular weight is 517 g/mol. The maximum atomic E-state index is 12.9. The molecule has 6 nitrogen and oxygen atoms in total. The van der Waals surface area contributed by atoms with Crippen LogP contribution in [-0.2, 0) is 4.74 Å². The van der Waals surface area contributed by atoms with E-state index in [-0.39, 0.29) is 16.7 Å². The molecule has 0 atom stereocenters. The fourth-order valence-electron chi connectivity index (χ4n) is 4.96. The molecule has 39 heavy (non-hydrogen) atoms. The Morgan fingerprint density at radius 3 is 1.62 bits per heavy atom. The van der Waals surface area contributed by atoms with Crippen LogP contribution in [0.2, 0.25) is 0 Å². The molecule has 0 aromatic heterocycles. The van der Waals surface area contributed by atoms with Crippen LogP contribution in [-0.4, -0.2) is 12.6 Å². The second-order valence-electron chi connectivity index (χ2n) is 9.57. The Morgan fingerprint density at radius 1 is 0.641 bits per heavy atom. The molecule has 6 heteroatoms. The van der Waals surface area contributed by atoms with E-state index in [1.54, 1.807) is 42.5 Å². The summed E-state index contributed by atoms with van der Waals surface area (Å²) in [5.41, 5.74) is 0.0753. The minimum absolute atomic E-state index is 0.0884. The first-order valence-electron chi connectivity index (χ1n) is 13.6. The lowest BCUT2D eigenvalue weighted by molar-refractivity contribution is 0.0498. The first-order chi connectivity index (χ1) is 19.1. The third kappa shape index (κ3) is 7.02. The summed E-state index contributed by atoms with van der Waals surface area (Å²) >= 11 is 0. The molecule has 0 N–H and O–H groups in total. The lowest BCUT2D eigenvalue weighted by Gasteiger charge is -2.10. The number of hydrogen-bond donors (Lipinski definition) is 0. The van der Waals surface area contributed by atoms with Gasteiger partial charge in [0.1, 0.15) is 35.4 Å². The summed E-state index contributed by atoms with van der Waals surface area (Å²) in [5.74, 6) is -0.492. The Morgan fingerprint density at radius 2 is 1.10 bits per heavy atom. The molecule has 0 aliphatic rings. The molecular formula is C33H32N4O2. The van der Waals surface area contributed by atoms with Crippen LogP contribution < -0.4 is 10.4 Å². The van der Waals surface area contributed by atoms with Crippen LogP contribution in [0.5, 0.6) is 0 Å². The van der Waals surface area contributed by atoms with E-state index in [1.165, 1.54) is 44.9 Å². The van der Waals surface area contributed by atoms with E-state index in [0.29, 0.717) is 38.6 Å². The quantitative estimate of drug-likeness (QED) is 0.155. The zero-order valence-electron chi connectivity index (χ0n) is 22.4. The molecule has 0 saturated heterocycles. The highest BCUT2D eigenvalue weighted by Crippen LogP contribution is 2.19. The molecule has 3 aromatic rings. The van der Waals surface area contributed by atoms with Gasteiger partial charge in [0.25, 0.3) is 0 Å². The molecule has 0 unspecified atom stereocenters. The summed E-state index contributed by atoms with van der Waals surface area (Å²) in [4.78, 5) is 12.9. The van der Waals surface area contributed by atoms with E-state index >= 15 is 0 Å². The van der Waals surface area contributed by atoms with Crippen molar-refractivity contribution in [1.82, 2.24) is 0 Å². The van der Waals surface area contributed by atoms with Gasteiger partial charge in [-0.2, -0.15) is 21.0 Å². The average Bonchev–Trinajstić information content (AvgIpc) is 2.97. The second-order valence-corrected chi connectivity index (χ2v) is 9.57. The molecule has 0 aliphatic heterocycles. The maximum absolute atomic E-state index is 12.9. The van der Waals surface area contributed by atoms with Crippen LogP contribution in [0.4, 0.5) is 0 Å². The van der Waals surface area contributed by atoms with E-state index in [9.17, 15) is 25.8 Å². The molecule has 0 amide bonds. The number of benzene rings is 3. The van der Waals surface area contributed by atoms with Crippen molar-refractivity contribution in [2.75, 3.05) is 6.61 Å². The molecule has 0 radical (unpaired) electrons. The number of esters is 1. The van der Waals surface area contributed by atoms with Gasteiger partial charge in [-0.05, 0) is 40.1 Å². The Bertz CT molecular complexity index is 1610. The van der Waals surface area contributed by atoms with Gasteiger partial charge in [-0.1, -0.05) is 95.0 Å². The second kappa shape index (κ2) is 14.9. The molecule has 3 aromatic carbocycles. The molecule has 0 saturated carbocycles. The number of unbranched alkanes of at least 4 members (excludes halogenated alkanes) is 9. The summed E-state index contributed by atoms with van der Waals surface area (Å²) in [6.07, 6.45) is 11.9. The molecular weight excluding hydrogens is 484 g/mol. The largest absolute Gasteiger partial charge is 0.462 e. The van der Waals surface area contributed by atoms with E-state index < -0.39 is 5.97 Å². The highest BCUT2D eigenvalue weighted by molar-refractivity contribution is 6.07. The number of carbonyl (C=O) groups is 1. The normalized spacial score (nSPS) is 10.3. The predicted octanol–water partition coefficient (Wildman–Crippen LogP) is 6.47. The highest BCUT2D eigenvalue weighted by Gasteiger charge is 2.15. The first kappa shape index (κ1) is 28.9. The van der Waals surface area contributed by atoms with Crippen molar-refractivity contribution in [1.29, 1.82) is 21.0 Å². The van der Waals surface area contributed by atoms with Crippen LogP contribution in [0.25, 0.3) is 32.7 Å². The standard InChI is InChI=1S/C33H32N4O2/c1-2-3-4-5-6-7-8-9-10-13-18-39-33(38)24-16-17-29-30(19-24)32(26(22-36)23-37)28-15-12-11-14-27(28)31(29)25(20-34)21-35/h11-12,14-17,19H,2-10,13,18H2,1H3. The zero-order valence-corrected chi connectivity index (χ0v) is 22.4. The predicted molar refractivity (Wildman–Crippen MR) is 152 cm³/mol. The van der Waals surface area contributed by atoms with Crippen molar-refractivity contribution >= 4 is 38.7 Å².